The van der Waals surface area contributed by atoms with Gasteiger partial charge in [-0.15, -0.1) is 0 Å². The van der Waals surface area contributed by atoms with E-state index in [0.29, 0.717) is 0 Å². The molecular formula is C10H15BO6. The first-order chi connectivity index (χ1) is 7.99. The summed E-state index contributed by atoms with van der Waals surface area (Å²) in [6.07, 6.45) is 0.496. The van der Waals surface area contributed by atoms with E-state index < -0.39 is 24.5 Å². The third kappa shape index (κ3) is 8.24. The minimum atomic E-state index is -0.775. The van der Waals surface area contributed by atoms with Crippen molar-refractivity contribution in [3.05, 3.63) is 25.3 Å². The summed E-state index contributed by atoms with van der Waals surface area (Å²) < 4.78 is 19.3. The Hall–Kier alpha value is -1.60. The highest BCUT2D eigenvalue weighted by molar-refractivity contribution is 6.18. The first-order valence-corrected chi connectivity index (χ1v) is 4.89. The number of rotatable bonds is 8. The van der Waals surface area contributed by atoms with Crippen molar-refractivity contribution in [2.45, 2.75) is 26.4 Å². The largest absolute Gasteiger partial charge is 0.443 e. The van der Waals surface area contributed by atoms with E-state index in [0.717, 1.165) is 12.2 Å². The average Bonchev–Trinajstić information content (AvgIpc) is 2.28. The van der Waals surface area contributed by atoms with E-state index in [9.17, 15) is 9.59 Å². The molecule has 2 unspecified atom stereocenters. The van der Waals surface area contributed by atoms with Gasteiger partial charge < -0.3 is 18.8 Å². The molecule has 0 aromatic heterocycles. The summed E-state index contributed by atoms with van der Waals surface area (Å²) in [5.41, 5.74) is 0. The molecule has 0 aliphatic carbocycles. The van der Waals surface area contributed by atoms with E-state index in [1.807, 2.05) is 0 Å². The van der Waals surface area contributed by atoms with Gasteiger partial charge in [-0.25, -0.2) is 9.59 Å². The fourth-order valence-electron chi connectivity index (χ4n) is 0.722. The highest BCUT2D eigenvalue weighted by atomic mass is 16.7. The van der Waals surface area contributed by atoms with Gasteiger partial charge in [0.2, 0.25) is 0 Å². The van der Waals surface area contributed by atoms with Crippen molar-refractivity contribution < 1.29 is 28.4 Å². The number of esters is 2. The van der Waals surface area contributed by atoms with E-state index >= 15 is 0 Å². The number of ether oxygens (including phenoxy) is 2. The van der Waals surface area contributed by atoms with E-state index in [-0.39, 0.29) is 7.69 Å². The molecule has 0 saturated carbocycles. The maximum Gasteiger partial charge on any atom is 0.443 e. The Labute approximate surface area is 100 Å². The second-order valence-electron chi connectivity index (χ2n) is 2.87. The lowest BCUT2D eigenvalue weighted by molar-refractivity contribution is -0.161. The minimum absolute atomic E-state index is 0.183. The lowest BCUT2D eigenvalue weighted by Gasteiger charge is -2.15. The number of hydrogen-bond acceptors (Lipinski definition) is 6. The lowest BCUT2D eigenvalue weighted by atomic mass is 10.4. The Kier molecular flexibility index (Phi) is 7.74. The van der Waals surface area contributed by atoms with Crippen LogP contribution in [0.4, 0.5) is 0 Å². The molecular weight excluding hydrogens is 227 g/mol. The molecule has 2 atom stereocenters. The van der Waals surface area contributed by atoms with Gasteiger partial charge in [0.1, 0.15) is 0 Å². The van der Waals surface area contributed by atoms with Gasteiger partial charge in [-0.3, -0.25) is 0 Å². The normalized spacial score (nSPS) is 13.1. The summed E-state index contributed by atoms with van der Waals surface area (Å²) in [6.45, 7) is 9.51. The summed E-state index contributed by atoms with van der Waals surface area (Å²) in [7, 11) is -0.183. The highest BCUT2D eigenvalue weighted by Gasteiger charge is 2.11. The first kappa shape index (κ1) is 15.4. The molecule has 0 bridgehead atoms. The van der Waals surface area contributed by atoms with Crippen molar-refractivity contribution in [1.82, 2.24) is 0 Å². The Balaban J connectivity index is 3.68. The fraction of sp³-hybridized carbons (Fsp3) is 0.400. The van der Waals surface area contributed by atoms with Crippen LogP contribution >= 0.6 is 0 Å². The van der Waals surface area contributed by atoms with Gasteiger partial charge in [-0.1, -0.05) is 13.2 Å². The predicted molar refractivity (Wildman–Crippen MR) is 60.8 cm³/mol. The molecule has 0 radical (unpaired) electrons. The van der Waals surface area contributed by atoms with Crippen molar-refractivity contribution in [3.63, 3.8) is 0 Å². The van der Waals surface area contributed by atoms with Crippen LogP contribution in [-0.4, -0.2) is 32.2 Å². The van der Waals surface area contributed by atoms with E-state index in [1.54, 1.807) is 0 Å². The molecule has 0 amide bonds. The molecule has 94 valence electrons. The number of hydrogen-bond donors (Lipinski definition) is 0. The molecule has 0 N–H and O–H groups in total. The second-order valence-corrected chi connectivity index (χ2v) is 2.87. The predicted octanol–water partition coefficient (Wildman–Crippen LogP) is 0.436. The molecule has 0 spiro atoms. The van der Waals surface area contributed by atoms with E-state index in [2.05, 4.69) is 13.2 Å². The highest BCUT2D eigenvalue weighted by Crippen LogP contribution is 1.97. The molecule has 0 fully saturated rings. The topological polar surface area (TPSA) is 71.1 Å². The molecule has 0 saturated heterocycles. The zero-order valence-corrected chi connectivity index (χ0v) is 9.88. The van der Waals surface area contributed by atoms with Crippen molar-refractivity contribution in [2.24, 2.45) is 0 Å². The quantitative estimate of drug-likeness (QED) is 0.266. The molecule has 17 heavy (non-hydrogen) atoms. The van der Waals surface area contributed by atoms with Crippen molar-refractivity contribution in [3.8, 4) is 0 Å². The average molecular weight is 242 g/mol. The van der Waals surface area contributed by atoms with Crippen molar-refractivity contribution >= 4 is 19.6 Å². The molecule has 0 rings (SSSR count). The Morgan fingerprint density at radius 3 is 1.65 bits per heavy atom. The Morgan fingerprint density at radius 1 is 1.00 bits per heavy atom. The molecule has 0 heterocycles. The van der Waals surface area contributed by atoms with Crippen LogP contribution < -0.4 is 0 Å². The zero-order chi connectivity index (χ0) is 13.3. The van der Waals surface area contributed by atoms with Gasteiger partial charge in [-0.2, -0.15) is 0 Å². The fourth-order valence-corrected chi connectivity index (χ4v) is 0.722. The monoisotopic (exact) mass is 242 g/mol. The summed E-state index contributed by atoms with van der Waals surface area (Å²) in [4.78, 5) is 21.5. The Morgan fingerprint density at radius 2 is 1.35 bits per heavy atom. The molecule has 7 heteroatoms. The van der Waals surface area contributed by atoms with Crippen LogP contribution in [0.3, 0.4) is 0 Å². The van der Waals surface area contributed by atoms with Crippen LogP contribution in [0.5, 0.6) is 0 Å². The zero-order valence-electron chi connectivity index (χ0n) is 9.88. The van der Waals surface area contributed by atoms with Crippen LogP contribution in [0.15, 0.2) is 25.3 Å². The van der Waals surface area contributed by atoms with Crippen LogP contribution in [-0.2, 0) is 28.4 Å². The first-order valence-electron chi connectivity index (χ1n) is 4.89. The summed E-state index contributed by atoms with van der Waals surface area (Å²) in [5.74, 6) is -1.19. The van der Waals surface area contributed by atoms with E-state index in [1.165, 1.54) is 13.8 Å². The maximum atomic E-state index is 10.8. The van der Waals surface area contributed by atoms with Gasteiger partial charge >= 0.3 is 19.6 Å². The number of carbonyl (C=O) groups excluding carboxylic acids is 2. The molecule has 6 nitrogen and oxygen atoms in total. The Bertz CT molecular complexity index is 263. The van der Waals surface area contributed by atoms with Crippen LogP contribution in [0.25, 0.3) is 0 Å². The summed E-state index contributed by atoms with van der Waals surface area (Å²) in [6, 6.07) is 0. The van der Waals surface area contributed by atoms with Gasteiger partial charge in [0, 0.05) is 12.2 Å². The van der Waals surface area contributed by atoms with Gasteiger partial charge in [0.15, 0.2) is 12.6 Å². The summed E-state index contributed by atoms with van der Waals surface area (Å²) in [5, 5.41) is 0. The standard InChI is InChI=1S/C10H15BO6/c1-5-9(12)14-7(3)16-11-17-8(4)15-10(13)6-2/h5-8,11H,1-2H2,3-4H3. The van der Waals surface area contributed by atoms with Crippen LogP contribution in [0.2, 0.25) is 0 Å². The number of carbonyl (C=O) groups is 2. The molecule has 0 aromatic carbocycles. The third-order valence-corrected chi connectivity index (χ3v) is 1.50. The minimum Gasteiger partial charge on any atom is -0.434 e. The maximum absolute atomic E-state index is 10.8. The molecule has 0 aliphatic heterocycles. The van der Waals surface area contributed by atoms with Gasteiger partial charge in [0.05, 0.1) is 0 Å². The summed E-state index contributed by atoms with van der Waals surface area (Å²) >= 11 is 0. The van der Waals surface area contributed by atoms with Gasteiger partial charge in [-0.05, 0) is 13.8 Å². The molecule has 0 aliphatic rings. The van der Waals surface area contributed by atoms with Crippen LogP contribution in [0.1, 0.15) is 13.8 Å². The third-order valence-electron chi connectivity index (χ3n) is 1.50. The second kappa shape index (κ2) is 8.54. The van der Waals surface area contributed by atoms with Crippen molar-refractivity contribution in [2.75, 3.05) is 0 Å². The van der Waals surface area contributed by atoms with Crippen LogP contribution in [0, 0.1) is 0 Å². The molecule has 0 aromatic rings. The lowest BCUT2D eigenvalue weighted by Crippen LogP contribution is -2.24. The van der Waals surface area contributed by atoms with Gasteiger partial charge in [0.25, 0.3) is 0 Å². The smallest absolute Gasteiger partial charge is 0.434 e. The SMILES string of the molecule is C=CC(=O)OC(C)OBOC(C)OC(=O)C=C. The van der Waals surface area contributed by atoms with Crippen molar-refractivity contribution in [1.29, 1.82) is 0 Å². The van der Waals surface area contributed by atoms with E-state index in [4.69, 9.17) is 18.8 Å².